The Morgan fingerprint density at radius 1 is 1.67 bits per heavy atom. The molecule has 1 rings (SSSR count). The smallest absolute Gasteiger partial charge is 0.401 e. The summed E-state index contributed by atoms with van der Waals surface area (Å²) in [5.74, 6) is 0. The van der Waals surface area contributed by atoms with E-state index in [4.69, 9.17) is 12.7 Å². The van der Waals surface area contributed by atoms with Gasteiger partial charge in [0.1, 0.15) is 0 Å². The maximum atomic E-state index is 4.91. The molecule has 1 aliphatic rings. The van der Waals surface area contributed by atoms with Crippen LogP contribution in [0.3, 0.4) is 0 Å². The molecule has 0 aromatic heterocycles. The summed E-state index contributed by atoms with van der Waals surface area (Å²) >= 11 is 0. The summed E-state index contributed by atoms with van der Waals surface area (Å²) in [4.78, 5) is 0. The minimum Gasteiger partial charge on any atom is -0.401 e. The van der Waals surface area contributed by atoms with Crippen LogP contribution in [0.1, 0.15) is 0 Å². The van der Waals surface area contributed by atoms with Gasteiger partial charge < -0.3 is 12.7 Å². The van der Waals surface area contributed by atoms with Gasteiger partial charge in [-0.1, -0.05) is 0 Å². The third-order valence-electron chi connectivity index (χ3n) is 0.601. The van der Waals surface area contributed by atoms with Crippen LogP contribution in [0.5, 0.6) is 0 Å². The standard InChI is InChI=1S/CH6O3Si2/c1-2-6-3-5-4-6/h6H,5H2,1H3. The van der Waals surface area contributed by atoms with Crippen molar-refractivity contribution in [3.05, 3.63) is 0 Å². The van der Waals surface area contributed by atoms with Gasteiger partial charge in [-0.3, -0.25) is 0 Å². The Bertz CT molecular complexity index is 41.3. The van der Waals surface area contributed by atoms with E-state index in [1.165, 1.54) is 0 Å². The van der Waals surface area contributed by atoms with Crippen LogP contribution in [0.15, 0.2) is 0 Å². The van der Waals surface area contributed by atoms with Gasteiger partial charge >= 0.3 is 9.53 Å². The molecule has 0 spiro atoms. The zero-order valence-corrected chi connectivity index (χ0v) is 6.08. The highest BCUT2D eigenvalue weighted by molar-refractivity contribution is 6.59. The van der Waals surface area contributed by atoms with Crippen LogP contribution >= 0.6 is 0 Å². The highest BCUT2D eigenvalue weighted by atomic mass is 28.5. The molecule has 0 radical (unpaired) electrons. The molecule has 0 amide bonds. The highest BCUT2D eigenvalue weighted by Gasteiger charge is 2.21. The van der Waals surface area contributed by atoms with E-state index in [1.54, 1.807) is 7.11 Å². The molecule has 1 heterocycles. The van der Waals surface area contributed by atoms with E-state index in [0.717, 1.165) is 0 Å². The first-order valence-corrected chi connectivity index (χ1v) is 4.26. The molecule has 1 aliphatic heterocycles. The molecule has 1 saturated heterocycles. The van der Waals surface area contributed by atoms with Crippen LogP contribution in [0.2, 0.25) is 0 Å². The number of hydrogen-bond acceptors (Lipinski definition) is 3. The average Bonchev–Trinajstić information content (AvgIpc) is 1.31. The minimum atomic E-state index is -1.42. The number of rotatable bonds is 1. The van der Waals surface area contributed by atoms with Crippen molar-refractivity contribution in [2.75, 3.05) is 7.11 Å². The normalized spacial score (nSPS) is 36.5. The van der Waals surface area contributed by atoms with E-state index < -0.39 is 19.5 Å². The van der Waals surface area contributed by atoms with Crippen LogP contribution < -0.4 is 0 Å². The van der Waals surface area contributed by atoms with Crippen molar-refractivity contribution >= 4 is 19.5 Å². The van der Waals surface area contributed by atoms with Crippen molar-refractivity contribution < 1.29 is 12.7 Å². The van der Waals surface area contributed by atoms with Gasteiger partial charge in [-0.2, -0.15) is 0 Å². The van der Waals surface area contributed by atoms with Gasteiger partial charge in [-0.05, 0) is 0 Å². The second kappa shape index (κ2) is 1.85. The fourth-order valence-corrected chi connectivity index (χ4v) is 2.34. The maximum Gasteiger partial charge on any atom is 0.465 e. The Hall–Kier alpha value is 0.314. The van der Waals surface area contributed by atoms with E-state index in [1.807, 2.05) is 0 Å². The molecular formula is CH6O3Si2. The van der Waals surface area contributed by atoms with Crippen molar-refractivity contribution in [3.8, 4) is 0 Å². The molecule has 0 saturated carbocycles. The Morgan fingerprint density at radius 3 is 2.33 bits per heavy atom. The van der Waals surface area contributed by atoms with E-state index in [9.17, 15) is 0 Å². The largest absolute Gasteiger partial charge is 0.465 e. The minimum absolute atomic E-state index is 0.517. The lowest BCUT2D eigenvalue weighted by molar-refractivity contribution is 0.179. The fraction of sp³-hybridized carbons (Fsp3) is 1.00. The molecule has 0 aliphatic carbocycles. The zero-order valence-electron chi connectivity index (χ0n) is 3.51. The SMILES string of the molecule is CO[SiH]1O[SiH2]O1. The highest BCUT2D eigenvalue weighted by Crippen LogP contribution is 1.96. The predicted octanol–water partition coefficient (Wildman–Crippen LogP) is -1.60. The van der Waals surface area contributed by atoms with E-state index in [-0.39, 0.29) is 0 Å². The topological polar surface area (TPSA) is 27.7 Å². The first-order valence-electron chi connectivity index (χ1n) is 1.69. The Kier molecular flexibility index (Phi) is 1.38. The van der Waals surface area contributed by atoms with Crippen LogP contribution in [0.4, 0.5) is 0 Å². The lowest BCUT2D eigenvalue weighted by Gasteiger charge is -2.22. The van der Waals surface area contributed by atoms with Gasteiger partial charge in [0.05, 0.1) is 0 Å². The summed E-state index contributed by atoms with van der Waals surface area (Å²) in [6.45, 7) is 0. The predicted molar refractivity (Wildman–Crippen MR) is 24.9 cm³/mol. The molecule has 0 bridgehead atoms. The Balaban J connectivity index is 2.01. The van der Waals surface area contributed by atoms with Crippen molar-refractivity contribution in [1.29, 1.82) is 0 Å². The van der Waals surface area contributed by atoms with Crippen LogP contribution in [0, 0.1) is 0 Å². The summed E-state index contributed by atoms with van der Waals surface area (Å²) in [7, 11) is -0.319. The quantitative estimate of drug-likeness (QED) is 0.392. The van der Waals surface area contributed by atoms with Gasteiger partial charge in [0.25, 0.3) is 10.0 Å². The summed E-state index contributed by atoms with van der Waals surface area (Å²) in [5, 5.41) is 0. The van der Waals surface area contributed by atoms with Crippen molar-refractivity contribution in [3.63, 3.8) is 0 Å². The van der Waals surface area contributed by atoms with Gasteiger partial charge in [0.15, 0.2) is 0 Å². The van der Waals surface area contributed by atoms with E-state index in [2.05, 4.69) is 0 Å². The summed E-state index contributed by atoms with van der Waals surface area (Å²) < 4.78 is 14.5. The molecule has 36 valence electrons. The lowest BCUT2D eigenvalue weighted by atomic mass is 11.8. The first kappa shape index (κ1) is 4.47. The average molecular weight is 122 g/mol. The molecule has 0 aromatic rings. The summed E-state index contributed by atoms with van der Waals surface area (Å²) in [5.41, 5.74) is 0. The van der Waals surface area contributed by atoms with Gasteiger partial charge in [-0.25, -0.2) is 0 Å². The van der Waals surface area contributed by atoms with Crippen LogP contribution in [-0.4, -0.2) is 26.6 Å². The zero-order chi connectivity index (χ0) is 4.41. The Labute approximate surface area is 40.2 Å². The maximum absolute atomic E-state index is 4.91. The van der Waals surface area contributed by atoms with Gasteiger partial charge in [0, 0.05) is 7.11 Å². The monoisotopic (exact) mass is 122 g/mol. The molecule has 3 nitrogen and oxygen atoms in total. The van der Waals surface area contributed by atoms with Crippen molar-refractivity contribution in [2.24, 2.45) is 0 Å². The lowest BCUT2D eigenvalue weighted by Crippen LogP contribution is -2.40. The summed E-state index contributed by atoms with van der Waals surface area (Å²) in [6.07, 6.45) is 0. The van der Waals surface area contributed by atoms with Crippen LogP contribution in [0.25, 0.3) is 0 Å². The molecule has 1 fully saturated rings. The van der Waals surface area contributed by atoms with E-state index >= 15 is 0 Å². The van der Waals surface area contributed by atoms with Crippen LogP contribution in [-0.2, 0) is 12.7 Å². The molecule has 6 heavy (non-hydrogen) atoms. The van der Waals surface area contributed by atoms with Crippen molar-refractivity contribution in [1.82, 2.24) is 0 Å². The molecular weight excluding hydrogens is 116 g/mol. The second-order valence-electron chi connectivity index (χ2n) is 0.976. The third-order valence-corrected chi connectivity index (χ3v) is 4.25. The van der Waals surface area contributed by atoms with E-state index in [0.29, 0.717) is 0 Å². The summed E-state index contributed by atoms with van der Waals surface area (Å²) in [6, 6.07) is 0. The van der Waals surface area contributed by atoms with Crippen molar-refractivity contribution in [2.45, 2.75) is 0 Å². The fourth-order valence-electron chi connectivity index (χ4n) is 0.260. The molecule has 0 unspecified atom stereocenters. The Morgan fingerprint density at radius 2 is 2.33 bits per heavy atom. The van der Waals surface area contributed by atoms with Gasteiger partial charge in [-0.15, -0.1) is 0 Å². The molecule has 0 aromatic carbocycles. The number of hydrogen-bond donors (Lipinski definition) is 0. The molecule has 0 N–H and O–H groups in total. The van der Waals surface area contributed by atoms with Gasteiger partial charge in [0.2, 0.25) is 0 Å². The molecule has 5 heteroatoms. The third kappa shape index (κ3) is 0.685. The second-order valence-corrected chi connectivity index (χ2v) is 4.93. The molecule has 0 atom stereocenters. The first-order chi connectivity index (χ1) is 2.93.